The minimum atomic E-state index is 0.382. The zero-order valence-electron chi connectivity index (χ0n) is 11.5. The van der Waals surface area contributed by atoms with Gasteiger partial charge in [-0.25, -0.2) is 0 Å². The Balaban J connectivity index is 1.75. The van der Waals surface area contributed by atoms with E-state index >= 15 is 0 Å². The molecule has 0 fully saturated rings. The number of fused-ring (bicyclic) bond motifs is 1. The highest BCUT2D eigenvalue weighted by Crippen LogP contribution is 2.29. The Morgan fingerprint density at radius 3 is 3.00 bits per heavy atom. The summed E-state index contributed by atoms with van der Waals surface area (Å²) in [7, 11) is 1.60. The topological polar surface area (TPSA) is 75.2 Å². The molecule has 2 aromatic rings. The molecule has 106 valence electrons. The zero-order valence-corrected chi connectivity index (χ0v) is 11.5. The van der Waals surface area contributed by atoms with Gasteiger partial charge in [0.25, 0.3) is 0 Å². The predicted molar refractivity (Wildman–Crippen MR) is 74.7 cm³/mol. The van der Waals surface area contributed by atoms with E-state index in [4.69, 9.17) is 15.2 Å². The lowest BCUT2D eigenvalue weighted by atomic mass is 10.2. The van der Waals surface area contributed by atoms with Crippen molar-refractivity contribution in [2.45, 2.75) is 32.4 Å². The number of hydrogen-bond acceptors (Lipinski definition) is 5. The minimum absolute atomic E-state index is 0.382. The number of aromatic nitrogens is 3. The van der Waals surface area contributed by atoms with E-state index in [-0.39, 0.29) is 0 Å². The van der Waals surface area contributed by atoms with E-state index in [1.165, 1.54) is 12.8 Å². The first-order valence-electron chi connectivity index (χ1n) is 6.75. The first kappa shape index (κ1) is 12.8. The molecule has 1 aliphatic rings. The summed E-state index contributed by atoms with van der Waals surface area (Å²) < 4.78 is 13.2. The van der Waals surface area contributed by atoms with E-state index in [1.807, 2.05) is 6.07 Å². The molecule has 0 aliphatic carbocycles. The monoisotopic (exact) mass is 274 g/mol. The quantitative estimate of drug-likeness (QED) is 0.860. The van der Waals surface area contributed by atoms with Crippen LogP contribution in [0.15, 0.2) is 18.2 Å². The number of aryl methyl sites for hydroxylation is 1. The van der Waals surface area contributed by atoms with E-state index in [9.17, 15) is 0 Å². The van der Waals surface area contributed by atoms with E-state index in [2.05, 4.69) is 14.8 Å². The van der Waals surface area contributed by atoms with Crippen LogP contribution < -0.4 is 15.2 Å². The molecule has 0 unspecified atom stereocenters. The molecule has 0 radical (unpaired) electrons. The molecule has 1 aromatic carbocycles. The zero-order chi connectivity index (χ0) is 13.9. The smallest absolute Gasteiger partial charge is 0.171 e. The molecule has 1 aliphatic heterocycles. The van der Waals surface area contributed by atoms with Crippen molar-refractivity contribution in [3.63, 3.8) is 0 Å². The lowest BCUT2D eigenvalue weighted by molar-refractivity contribution is 0.269. The molecule has 2 N–H and O–H groups in total. The third-order valence-electron chi connectivity index (χ3n) is 3.48. The van der Waals surface area contributed by atoms with Crippen LogP contribution in [0.1, 0.15) is 24.5 Å². The van der Waals surface area contributed by atoms with Crippen LogP contribution in [0.5, 0.6) is 11.5 Å². The molecule has 6 nitrogen and oxygen atoms in total. The van der Waals surface area contributed by atoms with E-state index in [0.717, 1.165) is 24.6 Å². The molecule has 0 saturated carbocycles. The van der Waals surface area contributed by atoms with Gasteiger partial charge in [-0.15, -0.1) is 10.2 Å². The van der Waals surface area contributed by atoms with Crippen molar-refractivity contribution in [1.29, 1.82) is 0 Å². The van der Waals surface area contributed by atoms with E-state index < -0.39 is 0 Å². The Hall–Kier alpha value is -2.24. The van der Waals surface area contributed by atoms with Crippen molar-refractivity contribution in [3.05, 3.63) is 29.8 Å². The largest absolute Gasteiger partial charge is 0.493 e. The number of benzene rings is 1. The van der Waals surface area contributed by atoms with Crippen molar-refractivity contribution >= 4 is 5.69 Å². The van der Waals surface area contributed by atoms with Gasteiger partial charge in [0.1, 0.15) is 12.4 Å². The second-order valence-electron chi connectivity index (χ2n) is 4.84. The van der Waals surface area contributed by atoms with Crippen LogP contribution >= 0.6 is 0 Å². The van der Waals surface area contributed by atoms with Crippen molar-refractivity contribution in [2.75, 3.05) is 12.8 Å². The Kier molecular flexibility index (Phi) is 3.45. The molecule has 3 rings (SSSR count). The van der Waals surface area contributed by atoms with Gasteiger partial charge >= 0.3 is 0 Å². The van der Waals surface area contributed by atoms with Crippen molar-refractivity contribution in [2.24, 2.45) is 0 Å². The van der Waals surface area contributed by atoms with Crippen LogP contribution in [0.2, 0.25) is 0 Å². The molecule has 6 heteroatoms. The summed E-state index contributed by atoms with van der Waals surface area (Å²) in [5.41, 5.74) is 6.37. The van der Waals surface area contributed by atoms with Gasteiger partial charge in [-0.3, -0.25) is 0 Å². The second kappa shape index (κ2) is 5.40. The number of hydrogen-bond donors (Lipinski definition) is 1. The summed E-state index contributed by atoms with van der Waals surface area (Å²) in [6.07, 6.45) is 3.35. The summed E-state index contributed by atoms with van der Waals surface area (Å²) in [6, 6.07) is 5.34. The van der Waals surface area contributed by atoms with Gasteiger partial charge in [-0.2, -0.15) is 0 Å². The van der Waals surface area contributed by atoms with Gasteiger partial charge in [0, 0.05) is 24.7 Å². The number of nitrogens with two attached hydrogens (primary N) is 1. The van der Waals surface area contributed by atoms with Crippen LogP contribution in [0.3, 0.4) is 0 Å². The maximum absolute atomic E-state index is 5.79. The van der Waals surface area contributed by atoms with Crippen LogP contribution in [0, 0.1) is 0 Å². The summed E-state index contributed by atoms with van der Waals surface area (Å²) in [5, 5.41) is 8.42. The lowest BCUT2D eigenvalue weighted by Gasteiger charge is -2.15. The average molecular weight is 274 g/mol. The van der Waals surface area contributed by atoms with Gasteiger partial charge in [-0.1, -0.05) is 0 Å². The number of rotatable bonds is 4. The average Bonchev–Trinajstić information content (AvgIpc) is 2.89. The molecular formula is C14H18N4O2. The number of nitrogen functional groups attached to an aromatic ring is 1. The van der Waals surface area contributed by atoms with E-state index in [1.54, 1.807) is 19.2 Å². The Labute approximate surface area is 117 Å². The number of nitrogens with zero attached hydrogens (tertiary/aromatic N) is 3. The minimum Gasteiger partial charge on any atom is -0.493 e. The molecule has 0 amide bonds. The highest BCUT2D eigenvalue weighted by molar-refractivity contribution is 5.51. The van der Waals surface area contributed by atoms with Gasteiger partial charge in [0.15, 0.2) is 17.3 Å². The molecule has 2 heterocycles. The van der Waals surface area contributed by atoms with Crippen LogP contribution in [0.25, 0.3) is 0 Å². The second-order valence-corrected chi connectivity index (χ2v) is 4.84. The third-order valence-corrected chi connectivity index (χ3v) is 3.48. The van der Waals surface area contributed by atoms with Gasteiger partial charge in [-0.05, 0) is 25.0 Å². The summed E-state index contributed by atoms with van der Waals surface area (Å²) in [4.78, 5) is 0. The van der Waals surface area contributed by atoms with Gasteiger partial charge in [0.2, 0.25) is 0 Å². The molecule has 20 heavy (non-hydrogen) atoms. The Morgan fingerprint density at radius 2 is 2.15 bits per heavy atom. The van der Waals surface area contributed by atoms with Gasteiger partial charge < -0.3 is 19.8 Å². The molecule has 0 bridgehead atoms. The highest BCUT2D eigenvalue weighted by atomic mass is 16.5. The summed E-state index contributed by atoms with van der Waals surface area (Å²) >= 11 is 0. The van der Waals surface area contributed by atoms with E-state index in [0.29, 0.717) is 23.8 Å². The van der Waals surface area contributed by atoms with Crippen LogP contribution in [-0.4, -0.2) is 21.9 Å². The first-order chi connectivity index (χ1) is 9.78. The van der Waals surface area contributed by atoms with Gasteiger partial charge in [0.05, 0.1) is 7.11 Å². The molecule has 0 spiro atoms. The summed E-state index contributed by atoms with van der Waals surface area (Å²) in [5.74, 6) is 3.20. The van der Waals surface area contributed by atoms with Crippen LogP contribution in [0.4, 0.5) is 5.69 Å². The van der Waals surface area contributed by atoms with Crippen molar-refractivity contribution in [3.8, 4) is 11.5 Å². The lowest BCUT2D eigenvalue weighted by Crippen LogP contribution is -2.14. The standard InChI is InChI=1S/C14H18N4O2/c1-19-12-8-10(15)5-6-11(12)20-9-14-17-16-13-4-2-3-7-18(13)14/h5-6,8H,2-4,7,9,15H2,1H3. The van der Waals surface area contributed by atoms with Crippen LogP contribution in [-0.2, 0) is 19.6 Å². The van der Waals surface area contributed by atoms with Crippen molar-refractivity contribution in [1.82, 2.24) is 14.8 Å². The molecule has 0 atom stereocenters. The fraction of sp³-hybridized carbons (Fsp3) is 0.429. The SMILES string of the molecule is COc1cc(N)ccc1OCc1nnc2n1CCCC2. The Morgan fingerprint density at radius 1 is 1.25 bits per heavy atom. The third kappa shape index (κ3) is 2.41. The number of ether oxygens (including phenoxy) is 2. The summed E-state index contributed by atoms with van der Waals surface area (Å²) in [6.45, 7) is 1.35. The maximum atomic E-state index is 5.79. The highest BCUT2D eigenvalue weighted by Gasteiger charge is 2.16. The first-order valence-corrected chi connectivity index (χ1v) is 6.75. The predicted octanol–water partition coefficient (Wildman–Crippen LogP) is 1.78. The fourth-order valence-electron chi connectivity index (χ4n) is 2.42. The normalized spacial score (nSPS) is 13.8. The van der Waals surface area contributed by atoms with Crippen molar-refractivity contribution < 1.29 is 9.47 Å². The number of anilines is 1. The fourth-order valence-corrected chi connectivity index (χ4v) is 2.42. The molecule has 0 saturated heterocycles. The Bertz CT molecular complexity index is 609. The molecular weight excluding hydrogens is 256 g/mol. The number of methoxy groups -OCH3 is 1. The molecule has 1 aromatic heterocycles. The maximum Gasteiger partial charge on any atom is 0.171 e.